The number of hydrogen-bond donors (Lipinski definition) is 1. The van der Waals surface area contributed by atoms with Crippen LogP contribution >= 0.6 is 23.8 Å². The third-order valence-electron chi connectivity index (χ3n) is 1.74. The van der Waals surface area contributed by atoms with Crippen molar-refractivity contribution in [1.82, 2.24) is 19.7 Å². The SMILES string of the molecule is Cn1[nH]c(-c2ccc(Cl)cn2)nc1=S. The molecule has 0 fully saturated rings. The van der Waals surface area contributed by atoms with Crippen molar-refractivity contribution in [2.24, 2.45) is 7.05 Å². The summed E-state index contributed by atoms with van der Waals surface area (Å²) in [5.74, 6) is 0.647. The van der Waals surface area contributed by atoms with E-state index in [2.05, 4.69) is 15.1 Å². The van der Waals surface area contributed by atoms with Gasteiger partial charge < -0.3 is 0 Å². The van der Waals surface area contributed by atoms with Gasteiger partial charge in [0, 0.05) is 13.2 Å². The molecule has 0 saturated carbocycles. The molecule has 0 aliphatic rings. The Morgan fingerprint density at radius 3 is 2.79 bits per heavy atom. The van der Waals surface area contributed by atoms with Crippen LogP contribution in [0.5, 0.6) is 0 Å². The molecule has 0 radical (unpaired) electrons. The first-order valence-corrected chi connectivity index (χ1v) is 4.70. The molecule has 0 aliphatic heterocycles. The second-order valence-corrected chi connectivity index (χ2v) is 3.58. The van der Waals surface area contributed by atoms with Gasteiger partial charge in [-0.15, -0.1) is 0 Å². The number of nitrogens with zero attached hydrogens (tertiary/aromatic N) is 3. The topological polar surface area (TPSA) is 46.5 Å². The van der Waals surface area contributed by atoms with Gasteiger partial charge in [-0.25, -0.2) is 0 Å². The van der Waals surface area contributed by atoms with Crippen molar-refractivity contribution in [3.05, 3.63) is 28.1 Å². The number of aromatic nitrogens is 4. The number of aromatic amines is 1. The Morgan fingerprint density at radius 1 is 1.50 bits per heavy atom. The summed E-state index contributed by atoms with van der Waals surface area (Å²) in [6, 6.07) is 3.55. The molecule has 1 N–H and O–H groups in total. The third-order valence-corrected chi connectivity index (χ3v) is 2.33. The summed E-state index contributed by atoms with van der Waals surface area (Å²) >= 11 is 10.7. The zero-order chi connectivity index (χ0) is 10.1. The smallest absolute Gasteiger partial charge is 0.216 e. The molecule has 0 atom stereocenters. The maximum atomic E-state index is 5.72. The van der Waals surface area contributed by atoms with Crippen molar-refractivity contribution < 1.29 is 0 Å². The average molecular weight is 227 g/mol. The number of nitrogens with one attached hydrogen (secondary N) is 1. The lowest BCUT2D eigenvalue weighted by Crippen LogP contribution is -1.90. The predicted octanol–water partition coefficient (Wildman–Crippen LogP) is 2.19. The van der Waals surface area contributed by atoms with E-state index in [9.17, 15) is 0 Å². The number of rotatable bonds is 1. The molecule has 0 bridgehead atoms. The molecule has 6 heteroatoms. The highest BCUT2D eigenvalue weighted by Crippen LogP contribution is 2.13. The van der Waals surface area contributed by atoms with Gasteiger partial charge in [-0.05, 0) is 24.4 Å². The molecule has 0 spiro atoms. The second-order valence-electron chi connectivity index (χ2n) is 2.78. The van der Waals surface area contributed by atoms with Gasteiger partial charge in [-0.3, -0.25) is 14.8 Å². The van der Waals surface area contributed by atoms with E-state index in [0.29, 0.717) is 15.6 Å². The van der Waals surface area contributed by atoms with Gasteiger partial charge in [0.05, 0.1) is 5.02 Å². The molecule has 2 aromatic rings. The van der Waals surface area contributed by atoms with Crippen LogP contribution in [0.4, 0.5) is 0 Å². The van der Waals surface area contributed by atoms with Gasteiger partial charge in [0.15, 0.2) is 5.82 Å². The maximum Gasteiger partial charge on any atom is 0.216 e. The van der Waals surface area contributed by atoms with E-state index >= 15 is 0 Å². The summed E-state index contributed by atoms with van der Waals surface area (Å²) in [7, 11) is 1.80. The van der Waals surface area contributed by atoms with E-state index in [1.165, 1.54) is 0 Å². The van der Waals surface area contributed by atoms with Crippen molar-refractivity contribution in [1.29, 1.82) is 0 Å². The van der Waals surface area contributed by atoms with Crippen LogP contribution in [0.15, 0.2) is 18.3 Å². The quantitative estimate of drug-likeness (QED) is 0.759. The fraction of sp³-hybridized carbons (Fsp3) is 0.125. The molecule has 14 heavy (non-hydrogen) atoms. The monoisotopic (exact) mass is 226 g/mol. The van der Waals surface area contributed by atoms with Crippen molar-refractivity contribution in [2.75, 3.05) is 0 Å². The van der Waals surface area contributed by atoms with Crippen LogP contribution in [0.1, 0.15) is 0 Å². The zero-order valence-electron chi connectivity index (χ0n) is 7.36. The van der Waals surface area contributed by atoms with E-state index < -0.39 is 0 Å². The first-order valence-electron chi connectivity index (χ1n) is 3.92. The van der Waals surface area contributed by atoms with Gasteiger partial charge in [0.25, 0.3) is 0 Å². The highest BCUT2D eigenvalue weighted by molar-refractivity contribution is 7.71. The fourth-order valence-corrected chi connectivity index (χ4v) is 1.28. The lowest BCUT2D eigenvalue weighted by molar-refractivity contribution is 0.755. The van der Waals surface area contributed by atoms with Gasteiger partial charge >= 0.3 is 0 Å². The Balaban J connectivity index is 2.49. The molecule has 0 saturated heterocycles. The Morgan fingerprint density at radius 2 is 2.29 bits per heavy atom. The minimum Gasteiger partial charge on any atom is -0.278 e. The van der Waals surface area contributed by atoms with Gasteiger partial charge in [-0.1, -0.05) is 11.6 Å². The summed E-state index contributed by atoms with van der Waals surface area (Å²) in [5.41, 5.74) is 0.723. The van der Waals surface area contributed by atoms with Gasteiger partial charge in [0.1, 0.15) is 5.69 Å². The van der Waals surface area contributed by atoms with Crippen molar-refractivity contribution in [3.63, 3.8) is 0 Å². The van der Waals surface area contributed by atoms with E-state index in [-0.39, 0.29) is 0 Å². The Kier molecular flexibility index (Phi) is 2.35. The minimum atomic E-state index is 0.497. The molecule has 2 heterocycles. The highest BCUT2D eigenvalue weighted by atomic mass is 35.5. The molecule has 0 unspecified atom stereocenters. The molecule has 0 aromatic carbocycles. The summed E-state index contributed by atoms with van der Waals surface area (Å²) in [5, 5.41) is 3.58. The largest absolute Gasteiger partial charge is 0.278 e. The Labute approximate surface area is 90.6 Å². The van der Waals surface area contributed by atoms with Crippen LogP contribution in [-0.2, 0) is 7.05 Å². The number of halogens is 1. The number of aryl methyl sites for hydroxylation is 1. The van der Waals surface area contributed by atoms with Crippen LogP contribution in [0, 0.1) is 4.77 Å². The first kappa shape index (κ1) is 9.36. The van der Waals surface area contributed by atoms with Crippen LogP contribution in [0.25, 0.3) is 11.5 Å². The number of pyridine rings is 1. The molecular formula is C8H7ClN4S. The van der Waals surface area contributed by atoms with Crippen LogP contribution in [0.2, 0.25) is 5.02 Å². The highest BCUT2D eigenvalue weighted by Gasteiger charge is 2.03. The van der Waals surface area contributed by atoms with E-state index in [1.54, 1.807) is 30.1 Å². The summed E-state index contributed by atoms with van der Waals surface area (Å²) in [6.45, 7) is 0. The minimum absolute atomic E-state index is 0.497. The first-order chi connectivity index (χ1) is 6.66. The lowest BCUT2D eigenvalue weighted by Gasteiger charge is -1.94. The molecule has 2 rings (SSSR count). The summed E-state index contributed by atoms with van der Waals surface area (Å²) < 4.78 is 2.15. The van der Waals surface area contributed by atoms with Gasteiger partial charge in [-0.2, -0.15) is 4.98 Å². The van der Waals surface area contributed by atoms with E-state index in [0.717, 1.165) is 5.69 Å². The van der Waals surface area contributed by atoms with Crippen molar-refractivity contribution in [2.45, 2.75) is 0 Å². The van der Waals surface area contributed by atoms with Crippen LogP contribution in [0.3, 0.4) is 0 Å². The number of hydrogen-bond acceptors (Lipinski definition) is 3. The molecular weight excluding hydrogens is 220 g/mol. The van der Waals surface area contributed by atoms with Crippen molar-refractivity contribution in [3.8, 4) is 11.5 Å². The van der Waals surface area contributed by atoms with Crippen LogP contribution < -0.4 is 0 Å². The molecule has 4 nitrogen and oxygen atoms in total. The van der Waals surface area contributed by atoms with Gasteiger partial charge in [0.2, 0.25) is 4.77 Å². The maximum absolute atomic E-state index is 5.72. The summed E-state index contributed by atoms with van der Waals surface area (Å²) in [4.78, 5) is 8.24. The molecule has 0 aliphatic carbocycles. The second kappa shape index (κ2) is 3.51. The third kappa shape index (κ3) is 1.69. The fourth-order valence-electron chi connectivity index (χ4n) is 1.03. The number of H-pyrrole nitrogens is 1. The average Bonchev–Trinajstić information content (AvgIpc) is 2.48. The lowest BCUT2D eigenvalue weighted by atomic mass is 10.3. The van der Waals surface area contributed by atoms with E-state index in [4.69, 9.17) is 23.8 Å². The Hall–Kier alpha value is -1.20. The predicted molar refractivity (Wildman–Crippen MR) is 56.6 cm³/mol. The standard InChI is InChI=1S/C8H7ClN4S/c1-13-8(14)11-7(12-13)6-3-2-5(9)4-10-6/h2-4H,1H3,(H,11,12,14). The molecule has 2 aromatic heterocycles. The van der Waals surface area contributed by atoms with E-state index in [1.807, 2.05) is 0 Å². The van der Waals surface area contributed by atoms with Crippen molar-refractivity contribution >= 4 is 23.8 Å². The molecule has 72 valence electrons. The van der Waals surface area contributed by atoms with Crippen LogP contribution in [-0.4, -0.2) is 19.7 Å². The zero-order valence-corrected chi connectivity index (χ0v) is 8.93. The normalized spacial score (nSPS) is 10.4. The summed E-state index contributed by atoms with van der Waals surface area (Å²) in [6.07, 6.45) is 1.57. The Bertz CT molecular complexity index is 499. The molecule has 0 amide bonds.